The van der Waals surface area contributed by atoms with Crippen LogP contribution in [-0.2, 0) is 0 Å². The van der Waals surface area contributed by atoms with Crippen molar-refractivity contribution in [1.29, 1.82) is 0 Å². The summed E-state index contributed by atoms with van der Waals surface area (Å²) >= 11 is 5.84. The van der Waals surface area contributed by atoms with Gasteiger partial charge in [-0.25, -0.2) is 0 Å². The maximum atomic E-state index is 11.9. The third kappa shape index (κ3) is 3.87. The van der Waals surface area contributed by atoms with Crippen molar-refractivity contribution < 1.29 is 9.21 Å². The lowest BCUT2D eigenvalue weighted by Gasteiger charge is -2.02. The van der Waals surface area contributed by atoms with Crippen LogP contribution in [0.3, 0.4) is 0 Å². The highest BCUT2D eigenvalue weighted by molar-refractivity contribution is 6.30. The van der Waals surface area contributed by atoms with E-state index in [1.54, 1.807) is 24.3 Å². The first-order valence-electron chi connectivity index (χ1n) is 6.84. The molecule has 0 fully saturated rings. The van der Waals surface area contributed by atoms with Gasteiger partial charge >= 0.3 is 0 Å². The molecule has 0 spiro atoms. The Morgan fingerprint density at radius 2 is 1.90 bits per heavy atom. The number of furan rings is 1. The summed E-state index contributed by atoms with van der Waals surface area (Å²) in [5.41, 5.74) is 0.902. The molecule has 106 valence electrons. The number of carbonyl (C=O) groups is 1. The second kappa shape index (κ2) is 7.15. The molecule has 0 aliphatic carbocycles. The molecule has 4 heteroatoms. The SMILES string of the molecule is CCCCCNC(=O)c1ccc(-c2ccc(Cl)cc2)o1. The van der Waals surface area contributed by atoms with Crippen molar-refractivity contribution in [2.24, 2.45) is 0 Å². The largest absolute Gasteiger partial charge is 0.451 e. The number of unbranched alkanes of at least 4 members (excludes halogenated alkanes) is 2. The van der Waals surface area contributed by atoms with Crippen molar-refractivity contribution in [3.63, 3.8) is 0 Å². The minimum Gasteiger partial charge on any atom is -0.451 e. The van der Waals surface area contributed by atoms with E-state index in [9.17, 15) is 4.79 Å². The normalized spacial score (nSPS) is 10.5. The Morgan fingerprint density at radius 3 is 2.60 bits per heavy atom. The molecule has 0 aliphatic heterocycles. The zero-order chi connectivity index (χ0) is 14.4. The van der Waals surface area contributed by atoms with E-state index in [1.807, 2.05) is 12.1 Å². The molecule has 1 N–H and O–H groups in total. The number of hydrogen-bond donors (Lipinski definition) is 1. The van der Waals surface area contributed by atoms with Crippen molar-refractivity contribution in [3.05, 3.63) is 47.2 Å². The van der Waals surface area contributed by atoms with E-state index in [0.29, 0.717) is 23.1 Å². The van der Waals surface area contributed by atoms with E-state index < -0.39 is 0 Å². The molecule has 2 aromatic rings. The molecule has 1 amide bonds. The molecular weight excluding hydrogens is 274 g/mol. The zero-order valence-corrected chi connectivity index (χ0v) is 12.2. The van der Waals surface area contributed by atoms with E-state index >= 15 is 0 Å². The Hall–Kier alpha value is -1.74. The van der Waals surface area contributed by atoms with Crippen LogP contribution in [0, 0.1) is 0 Å². The Bertz CT molecular complexity index is 560. The van der Waals surface area contributed by atoms with Gasteiger partial charge in [0.1, 0.15) is 5.76 Å². The topological polar surface area (TPSA) is 42.2 Å². The molecule has 0 aliphatic rings. The second-order valence-corrected chi connectivity index (χ2v) is 5.07. The Balaban J connectivity index is 1.98. The third-order valence-electron chi connectivity index (χ3n) is 3.02. The van der Waals surface area contributed by atoms with Gasteiger partial charge in [-0.05, 0) is 42.8 Å². The summed E-state index contributed by atoms with van der Waals surface area (Å²) in [6, 6.07) is 10.8. The van der Waals surface area contributed by atoms with E-state index in [4.69, 9.17) is 16.0 Å². The number of amides is 1. The first-order chi connectivity index (χ1) is 9.70. The molecule has 0 saturated carbocycles. The first kappa shape index (κ1) is 14.7. The van der Waals surface area contributed by atoms with Crippen LogP contribution in [0.15, 0.2) is 40.8 Å². The van der Waals surface area contributed by atoms with Crippen molar-refractivity contribution in [1.82, 2.24) is 5.32 Å². The average Bonchev–Trinajstić information content (AvgIpc) is 2.94. The highest BCUT2D eigenvalue weighted by Gasteiger charge is 2.11. The van der Waals surface area contributed by atoms with Gasteiger partial charge in [-0.2, -0.15) is 0 Å². The molecule has 1 aromatic carbocycles. The van der Waals surface area contributed by atoms with Crippen molar-refractivity contribution in [2.75, 3.05) is 6.54 Å². The van der Waals surface area contributed by atoms with Gasteiger partial charge in [-0.15, -0.1) is 0 Å². The van der Waals surface area contributed by atoms with Crippen LogP contribution in [0.2, 0.25) is 5.02 Å². The average molecular weight is 292 g/mol. The summed E-state index contributed by atoms with van der Waals surface area (Å²) in [6.07, 6.45) is 3.25. The Kier molecular flexibility index (Phi) is 5.24. The number of hydrogen-bond acceptors (Lipinski definition) is 2. The molecule has 1 heterocycles. The Labute approximate surface area is 123 Å². The van der Waals surface area contributed by atoms with E-state index in [-0.39, 0.29) is 5.91 Å². The second-order valence-electron chi connectivity index (χ2n) is 4.63. The monoisotopic (exact) mass is 291 g/mol. The van der Waals surface area contributed by atoms with Crippen LogP contribution >= 0.6 is 11.6 Å². The van der Waals surface area contributed by atoms with Gasteiger partial charge in [-0.1, -0.05) is 31.4 Å². The predicted molar refractivity (Wildman–Crippen MR) is 81.0 cm³/mol. The standard InChI is InChI=1S/C16H18ClNO2/c1-2-3-4-11-18-16(19)15-10-9-14(20-15)12-5-7-13(17)8-6-12/h5-10H,2-4,11H2,1H3,(H,18,19). The van der Waals surface area contributed by atoms with E-state index in [2.05, 4.69) is 12.2 Å². The van der Waals surface area contributed by atoms with Crippen LogP contribution in [-0.4, -0.2) is 12.5 Å². The lowest BCUT2D eigenvalue weighted by molar-refractivity contribution is 0.0926. The van der Waals surface area contributed by atoms with E-state index in [1.165, 1.54) is 0 Å². The number of benzene rings is 1. The summed E-state index contributed by atoms with van der Waals surface area (Å²) in [5, 5.41) is 3.53. The predicted octanol–water partition coefficient (Wildman–Crippen LogP) is 4.52. The van der Waals surface area contributed by atoms with Gasteiger partial charge in [0.05, 0.1) is 0 Å². The number of nitrogens with one attached hydrogen (secondary N) is 1. The quantitative estimate of drug-likeness (QED) is 0.795. The lowest BCUT2D eigenvalue weighted by atomic mass is 10.2. The maximum Gasteiger partial charge on any atom is 0.287 e. The number of halogens is 1. The van der Waals surface area contributed by atoms with E-state index in [0.717, 1.165) is 24.8 Å². The third-order valence-corrected chi connectivity index (χ3v) is 3.28. The summed E-state index contributed by atoms with van der Waals surface area (Å²) in [6.45, 7) is 2.82. The summed E-state index contributed by atoms with van der Waals surface area (Å²) in [7, 11) is 0. The van der Waals surface area contributed by atoms with Gasteiger partial charge in [-0.3, -0.25) is 4.79 Å². The van der Waals surface area contributed by atoms with Crippen LogP contribution in [0.5, 0.6) is 0 Å². The molecule has 1 aromatic heterocycles. The van der Waals surface area contributed by atoms with Gasteiger partial charge in [0, 0.05) is 17.1 Å². The molecule has 0 saturated heterocycles. The zero-order valence-electron chi connectivity index (χ0n) is 11.5. The van der Waals surface area contributed by atoms with Gasteiger partial charge in [0.2, 0.25) is 0 Å². The number of carbonyl (C=O) groups excluding carboxylic acids is 1. The summed E-state index contributed by atoms with van der Waals surface area (Å²) in [4.78, 5) is 11.9. The van der Waals surface area contributed by atoms with Gasteiger partial charge in [0.25, 0.3) is 5.91 Å². The minimum atomic E-state index is -0.165. The fourth-order valence-corrected chi connectivity index (χ4v) is 2.02. The van der Waals surface area contributed by atoms with Crippen molar-refractivity contribution in [3.8, 4) is 11.3 Å². The van der Waals surface area contributed by atoms with Crippen LogP contribution in [0.1, 0.15) is 36.7 Å². The molecule has 20 heavy (non-hydrogen) atoms. The molecule has 0 unspecified atom stereocenters. The van der Waals surface area contributed by atoms with Crippen LogP contribution in [0.4, 0.5) is 0 Å². The van der Waals surface area contributed by atoms with Crippen LogP contribution < -0.4 is 5.32 Å². The van der Waals surface area contributed by atoms with Crippen molar-refractivity contribution in [2.45, 2.75) is 26.2 Å². The fourth-order valence-electron chi connectivity index (χ4n) is 1.89. The lowest BCUT2D eigenvalue weighted by Crippen LogP contribution is -2.23. The number of rotatable bonds is 6. The van der Waals surface area contributed by atoms with Gasteiger partial charge in [0.15, 0.2) is 5.76 Å². The summed E-state index contributed by atoms with van der Waals surface area (Å²) < 4.78 is 5.57. The smallest absolute Gasteiger partial charge is 0.287 e. The fraction of sp³-hybridized carbons (Fsp3) is 0.312. The molecule has 0 bridgehead atoms. The molecule has 2 rings (SSSR count). The summed E-state index contributed by atoms with van der Waals surface area (Å²) in [5.74, 6) is 0.841. The highest BCUT2D eigenvalue weighted by atomic mass is 35.5. The highest BCUT2D eigenvalue weighted by Crippen LogP contribution is 2.23. The van der Waals surface area contributed by atoms with Crippen LogP contribution in [0.25, 0.3) is 11.3 Å². The molecule has 0 atom stereocenters. The minimum absolute atomic E-state index is 0.165. The first-order valence-corrected chi connectivity index (χ1v) is 7.22. The molecule has 0 radical (unpaired) electrons. The molecule has 3 nitrogen and oxygen atoms in total. The Morgan fingerprint density at radius 1 is 1.15 bits per heavy atom. The maximum absolute atomic E-state index is 11.9. The van der Waals surface area contributed by atoms with Gasteiger partial charge < -0.3 is 9.73 Å². The van der Waals surface area contributed by atoms with Crippen molar-refractivity contribution >= 4 is 17.5 Å². The molecular formula is C16H18ClNO2.